The summed E-state index contributed by atoms with van der Waals surface area (Å²) >= 11 is 0.991. The number of rotatable bonds is 7. The molecule has 1 fully saturated rings. The second-order valence-corrected chi connectivity index (χ2v) is 10.3. The molecule has 3 aromatic rings. The van der Waals surface area contributed by atoms with Gasteiger partial charge in [-0.05, 0) is 54.8 Å². The van der Waals surface area contributed by atoms with Crippen LogP contribution in [0.25, 0.3) is 0 Å². The van der Waals surface area contributed by atoms with Crippen molar-refractivity contribution in [1.29, 1.82) is 0 Å². The van der Waals surface area contributed by atoms with Crippen LogP contribution in [0.4, 0.5) is 5.69 Å². The summed E-state index contributed by atoms with van der Waals surface area (Å²) < 4.78 is 5.14. The molecule has 0 radical (unpaired) electrons. The molecule has 14 nitrogen and oxygen atoms in total. The predicted octanol–water partition coefficient (Wildman–Crippen LogP) is 1.90. The zero-order valence-electron chi connectivity index (χ0n) is 23.0. The number of carbonyl (C=O) groups is 3. The van der Waals surface area contributed by atoms with Crippen molar-refractivity contribution < 1.29 is 34.4 Å². The van der Waals surface area contributed by atoms with Crippen molar-refractivity contribution in [1.82, 2.24) is 15.3 Å². The summed E-state index contributed by atoms with van der Waals surface area (Å²) in [6.45, 7) is 4.98. The van der Waals surface area contributed by atoms with Gasteiger partial charge in [0.25, 0.3) is 11.5 Å². The Morgan fingerprint density at radius 1 is 1.07 bits per heavy atom. The Bertz CT molecular complexity index is 1660. The summed E-state index contributed by atoms with van der Waals surface area (Å²) in [4.78, 5) is 67.1. The number of thioether (sulfide) groups is 1. The Labute approximate surface area is 242 Å². The number of hydrogen-bond acceptors (Lipinski definition) is 10. The van der Waals surface area contributed by atoms with Gasteiger partial charge in [0.15, 0.2) is 16.7 Å². The largest absolute Gasteiger partial charge is 0.504 e. The van der Waals surface area contributed by atoms with Crippen LogP contribution in [0.1, 0.15) is 41.6 Å². The molecular formula is C27H29N5O9S. The number of phenolic OH excluding ortho intramolecular Hbond substituents is 1. The highest BCUT2D eigenvalue weighted by Gasteiger charge is 2.34. The van der Waals surface area contributed by atoms with Crippen molar-refractivity contribution in [2.24, 2.45) is 4.99 Å². The number of methoxy groups -OCH3 is 1. The van der Waals surface area contributed by atoms with Gasteiger partial charge in [0.2, 0.25) is 17.7 Å². The molecule has 1 saturated heterocycles. The average Bonchev–Trinajstić information content (AvgIpc) is 3.23. The monoisotopic (exact) mass is 599 g/mol. The first-order chi connectivity index (χ1) is 19.8. The number of amidine groups is 1. The van der Waals surface area contributed by atoms with Gasteiger partial charge < -0.3 is 30.7 Å². The standard InChI is InChI=1S/C25H25N5O7S.C2H4O2/c1-11-4-6-14(8-12(11)2)26-18(32)10-17-21(33)30-25(38-17)27-20(13-5-7-15(31)16(9-13)37-3)19-22(34)28-24(36)29-23(19)35;1-2(3)4/h4-9,17,20,31H,10H2,1-3H3,(H,26,32)(H,27,30,33)(H3,28,29,34,35,36);1H3,(H,3,4). The minimum Gasteiger partial charge on any atom is -0.504 e. The van der Waals surface area contributed by atoms with Crippen LogP contribution in [0.5, 0.6) is 17.4 Å². The minimum atomic E-state index is -1.21. The fraction of sp³-hybridized carbons (Fsp3) is 0.259. The summed E-state index contributed by atoms with van der Waals surface area (Å²) in [6, 6.07) is 8.47. The molecule has 15 heteroatoms. The van der Waals surface area contributed by atoms with Crippen LogP contribution in [-0.2, 0) is 14.4 Å². The fourth-order valence-electron chi connectivity index (χ4n) is 3.83. The summed E-state index contributed by atoms with van der Waals surface area (Å²) in [7, 11) is 1.34. The molecule has 42 heavy (non-hydrogen) atoms. The number of aliphatic carboxylic acids is 1. The molecule has 2 heterocycles. The van der Waals surface area contributed by atoms with E-state index in [-0.39, 0.29) is 34.6 Å². The minimum absolute atomic E-state index is 0.0806. The van der Waals surface area contributed by atoms with Crippen LogP contribution in [-0.4, -0.2) is 60.6 Å². The molecule has 2 unspecified atom stereocenters. The van der Waals surface area contributed by atoms with Gasteiger partial charge in [-0.3, -0.25) is 29.1 Å². The first kappa shape index (κ1) is 31.5. The van der Waals surface area contributed by atoms with Gasteiger partial charge >= 0.3 is 5.69 Å². The summed E-state index contributed by atoms with van der Waals surface area (Å²) in [5.74, 6) is -2.45. The number of carboxylic acids is 1. The predicted molar refractivity (Wildman–Crippen MR) is 155 cm³/mol. The van der Waals surface area contributed by atoms with Gasteiger partial charge in [0.05, 0.1) is 7.11 Å². The molecular weight excluding hydrogens is 570 g/mol. The number of amides is 2. The smallest absolute Gasteiger partial charge is 0.328 e. The summed E-state index contributed by atoms with van der Waals surface area (Å²) in [5.41, 5.74) is 0.923. The topological polar surface area (TPSA) is 223 Å². The average molecular weight is 600 g/mol. The SMILES string of the molecule is CC(=O)O.COc1cc(C(N=C2NC(=O)C(CC(=O)Nc3ccc(C)c(C)c3)S2)c2c(O)[nH]c(=O)[nH]c2=O)ccc1O. The van der Waals surface area contributed by atoms with Crippen molar-refractivity contribution in [2.45, 2.75) is 38.5 Å². The molecule has 0 spiro atoms. The number of benzene rings is 2. The molecule has 1 aliphatic heterocycles. The number of carboxylic acid groups (broad SMARTS) is 1. The van der Waals surface area contributed by atoms with E-state index in [0.717, 1.165) is 29.8 Å². The molecule has 1 aliphatic rings. The first-order valence-corrected chi connectivity index (χ1v) is 13.2. The van der Waals surface area contributed by atoms with Crippen LogP contribution < -0.4 is 26.6 Å². The lowest BCUT2D eigenvalue weighted by Crippen LogP contribution is -2.29. The van der Waals surface area contributed by atoms with E-state index in [9.17, 15) is 29.4 Å². The van der Waals surface area contributed by atoms with Gasteiger partial charge in [-0.1, -0.05) is 23.9 Å². The number of aromatic hydroxyl groups is 2. The van der Waals surface area contributed by atoms with Crippen LogP contribution in [0.3, 0.4) is 0 Å². The lowest BCUT2D eigenvalue weighted by molar-refractivity contribution is -0.134. The van der Waals surface area contributed by atoms with Crippen molar-refractivity contribution in [2.75, 3.05) is 12.4 Å². The van der Waals surface area contributed by atoms with Crippen molar-refractivity contribution >= 4 is 40.4 Å². The number of phenols is 1. The van der Waals surface area contributed by atoms with Crippen LogP contribution >= 0.6 is 11.8 Å². The first-order valence-electron chi connectivity index (χ1n) is 12.3. The number of hydrogen-bond donors (Lipinski definition) is 7. The Kier molecular flexibility index (Phi) is 10.1. The number of H-pyrrole nitrogens is 2. The zero-order chi connectivity index (χ0) is 31.1. The van der Waals surface area contributed by atoms with E-state index >= 15 is 0 Å². The van der Waals surface area contributed by atoms with Crippen LogP contribution in [0.15, 0.2) is 51.0 Å². The Balaban J connectivity index is 0.00000114. The number of ether oxygens (including phenoxy) is 1. The third-order valence-corrected chi connectivity index (χ3v) is 7.03. The van der Waals surface area contributed by atoms with Gasteiger partial charge in [-0.2, -0.15) is 0 Å². The molecule has 0 bridgehead atoms. The highest BCUT2D eigenvalue weighted by atomic mass is 32.2. The van der Waals surface area contributed by atoms with Gasteiger partial charge in [-0.15, -0.1) is 0 Å². The lowest BCUT2D eigenvalue weighted by atomic mass is 10.0. The van der Waals surface area contributed by atoms with Crippen LogP contribution in [0.2, 0.25) is 0 Å². The second-order valence-electron chi connectivity index (χ2n) is 9.10. The van der Waals surface area contributed by atoms with E-state index in [1.165, 1.54) is 25.3 Å². The molecule has 0 aliphatic carbocycles. The lowest BCUT2D eigenvalue weighted by Gasteiger charge is -2.16. The number of aryl methyl sites for hydroxylation is 2. The number of anilines is 1. The number of aliphatic imine (C=N–C) groups is 1. The van der Waals surface area contributed by atoms with E-state index in [4.69, 9.17) is 14.6 Å². The number of carbonyl (C=O) groups excluding carboxylic acids is 2. The molecule has 222 valence electrons. The van der Waals surface area contributed by atoms with E-state index in [1.807, 2.05) is 31.0 Å². The van der Waals surface area contributed by atoms with E-state index < -0.39 is 40.3 Å². The molecule has 2 atom stereocenters. The molecule has 1 aromatic heterocycles. The molecule has 2 aromatic carbocycles. The highest BCUT2D eigenvalue weighted by Crippen LogP contribution is 2.36. The maximum Gasteiger partial charge on any atom is 0.328 e. The number of aromatic amines is 2. The second kappa shape index (κ2) is 13.5. The summed E-state index contributed by atoms with van der Waals surface area (Å²) in [6.07, 6.45) is -0.134. The normalized spacial score (nSPS) is 15.8. The Morgan fingerprint density at radius 3 is 2.38 bits per heavy atom. The Morgan fingerprint density at radius 2 is 1.76 bits per heavy atom. The molecule has 2 amide bonds. The number of nitrogens with zero attached hydrogens (tertiary/aromatic N) is 1. The van der Waals surface area contributed by atoms with Crippen molar-refractivity contribution in [3.63, 3.8) is 0 Å². The van der Waals surface area contributed by atoms with Gasteiger partial charge in [-0.25, -0.2) is 9.79 Å². The maximum atomic E-state index is 12.6. The van der Waals surface area contributed by atoms with E-state index in [2.05, 4.69) is 20.6 Å². The molecule has 4 rings (SSSR count). The third-order valence-electron chi connectivity index (χ3n) is 5.94. The number of aromatic nitrogens is 2. The van der Waals surface area contributed by atoms with Crippen LogP contribution in [0, 0.1) is 13.8 Å². The van der Waals surface area contributed by atoms with Crippen molar-refractivity contribution in [3.8, 4) is 17.4 Å². The maximum absolute atomic E-state index is 12.6. The zero-order valence-corrected chi connectivity index (χ0v) is 23.8. The molecule has 0 saturated carbocycles. The third kappa shape index (κ3) is 8.00. The van der Waals surface area contributed by atoms with Gasteiger partial charge in [0.1, 0.15) is 16.9 Å². The van der Waals surface area contributed by atoms with Gasteiger partial charge in [0, 0.05) is 19.0 Å². The molecule has 7 N–H and O–H groups in total. The number of nitrogens with one attached hydrogen (secondary N) is 4. The quantitative estimate of drug-likeness (QED) is 0.209. The Hall–Kier alpha value is -5.05. The van der Waals surface area contributed by atoms with Crippen molar-refractivity contribution in [3.05, 3.63) is 79.5 Å². The van der Waals surface area contributed by atoms with E-state index in [0.29, 0.717) is 11.3 Å². The highest BCUT2D eigenvalue weighted by molar-refractivity contribution is 8.15. The van der Waals surface area contributed by atoms with E-state index in [1.54, 1.807) is 6.07 Å². The fourth-order valence-corrected chi connectivity index (χ4v) is 4.82. The summed E-state index contributed by atoms with van der Waals surface area (Å²) in [5, 5.41) is 32.5.